The summed E-state index contributed by atoms with van der Waals surface area (Å²) >= 11 is 10.7. The molecule has 6 heteroatoms. The van der Waals surface area contributed by atoms with Crippen molar-refractivity contribution in [2.75, 3.05) is 5.32 Å². The summed E-state index contributed by atoms with van der Waals surface area (Å²) in [6, 6.07) is 10.9. The summed E-state index contributed by atoms with van der Waals surface area (Å²) in [5.41, 5.74) is 0.739. The van der Waals surface area contributed by atoms with Crippen molar-refractivity contribution in [2.45, 2.75) is 13.0 Å². The van der Waals surface area contributed by atoms with Crippen molar-refractivity contribution < 1.29 is 4.79 Å². The van der Waals surface area contributed by atoms with Crippen LogP contribution in [0.1, 0.15) is 17.8 Å². The van der Waals surface area contributed by atoms with Crippen LogP contribution in [0.2, 0.25) is 4.34 Å². The first-order valence-corrected chi connectivity index (χ1v) is 7.61. The van der Waals surface area contributed by atoms with Crippen molar-refractivity contribution in [1.29, 1.82) is 0 Å². The first-order chi connectivity index (χ1) is 9.04. The summed E-state index contributed by atoms with van der Waals surface area (Å²) in [4.78, 5) is 12.9. The van der Waals surface area contributed by atoms with Gasteiger partial charge in [0.1, 0.15) is 0 Å². The van der Waals surface area contributed by atoms with Gasteiger partial charge in [0.25, 0.3) is 0 Å². The van der Waals surface area contributed by atoms with Crippen LogP contribution in [0.25, 0.3) is 0 Å². The number of benzene rings is 1. The van der Waals surface area contributed by atoms with E-state index < -0.39 is 0 Å². The molecule has 0 aliphatic heterocycles. The fourth-order valence-corrected chi connectivity index (χ4v) is 3.02. The summed E-state index contributed by atoms with van der Waals surface area (Å²) in [7, 11) is 0. The van der Waals surface area contributed by atoms with Crippen LogP contribution < -0.4 is 10.6 Å². The zero-order valence-corrected chi connectivity index (χ0v) is 13.3. The van der Waals surface area contributed by atoms with Crippen LogP contribution in [0.3, 0.4) is 0 Å². The number of hydrogen-bond donors (Lipinski definition) is 2. The molecule has 19 heavy (non-hydrogen) atoms. The third-order valence-corrected chi connectivity index (χ3v) is 4.36. The van der Waals surface area contributed by atoms with Gasteiger partial charge in [0, 0.05) is 15.0 Å². The monoisotopic (exact) mass is 358 g/mol. The van der Waals surface area contributed by atoms with Gasteiger partial charge >= 0.3 is 6.03 Å². The summed E-state index contributed by atoms with van der Waals surface area (Å²) in [6.45, 7) is 1.92. The molecule has 0 aliphatic carbocycles. The number of nitrogens with one attached hydrogen (secondary N) is 2. The van der Waals surface area contributed by atoms with Crippen molar-refractivity contribution in [3.63, 3.8) is 0 Å². The molecule has 0 bridgehead atoms. The van der Waals surface area contributed by atoms with Gasteiger partial charge in [-0.3, -0.25) is 0 Å². The van der Waals surface area contributed by atoms with E-state index in [0.717, 1.165) is 19.4 Å². The Kier molecular flexibility index (Phi) is 4.85. The Morgan fingerprint density at radius 3 is 2.79 bits per heavy atom. The molecule has 3 nitrogen and oxygen atoms in total. The van der Waals surface area contributed by atoms with Crippen LogP contribution in [0.4, 0.5) is 10.5 Å². The van der Waals surface area contributed by atoms with Gasteiger partial charge in [0.15, 0.2) is 0 Å². The lowest BCUT2D eigenvalue weighted by Crippen LogP contribution is -2.30. The lowest BCUT2D eigenvalue weighted by Gasteiger charge is -2.13. The van der Waals surface area contributed by atoms with Crippen LogP contribution in [-0.4, -0.2) is 6.03 Å². The number of carbonyl (C=O) groups excluding carboxylic acids is 1. The molecule has 0 spiro atoms. The molecule has 0 radical (unpaired) electrons. The highest BCUT2D eigenvalue weighted by molar-refractivity contribution is 9.10. The van der Waals surface area contributed by atoms with Gasteiger partial charge < -0.3 is 10.6 Å². The molecule has 2 N–H and O–H groups in total. The highest BCUT2D eigenvalue weighted by Crippen LogP contribution is 2.26. The van der Waals surface area contributed by atoms with E-state index in [4.69, 9.17) is 11.6 Å². The average molecular weight is 360 g/mol. The van der Waals surface area contributed by atoms with Gasteiger partial charge in [-0.05, 0) is 37.3 Å². The van der Waals surface area contributed by atoms with Gasteiger partial charge in [-0.1, -0.05) is 33.6 Å². The molecular formula is C13H12BrClN2OS. The number of amides is 2. The zero-order valence-electron chi connectivity index (χ0n) is 10.1. The fourth-order valence-electron chi connectivity index (χ4n) is 1.56. The Morgan fingerprint density at radius 2 is 2.16 bits per heavy atom. The van der Waals surface area contributed by atoms with E-state index in [1.54, 1.807) is 0 Å². The Labute approximate surface area is 129 Å². The van der Waals surface area contributed by atoms with Crippen LogP contribution in [0.5, 0.6) is 0 Å². The molecular weight excluding hydrogens is 348 g/mol. The molecule has 2 rings (SSSR count). The number of urea groups is 1. The molecule has 1 aromatic heterocycles. The van der Waals surface area contributed by atoms with Gasteiger partial charge in [-0.2, -0.15) is 0 Å². The maximum atomic E-state index is 11.8. The standard InChI is InChI=1S/C13H12BrClN2OS/c1-8(11-5-6-12(15)19-11)16-13(18)17-10-4-2-3-9(14)7-10/h2-8H,1H3,(H2,16,17,18)/t8-/m1/s1. The Bertz CT molecular complexity index is 588. The number of thiophene rings is 1. The van der Waals surface area contributed by atoms with Gasteiger partial charge in [0.2, 0.25) is 0 Å². The number of halogens is 2. The maximum absolute atomic E-state index is 11.8. The molecule has 1 heterocycles. The normalized spacial score (nSPS) is 11.9. The van der Waals surface area contributed by atoms with Gasteiger partial charge in [-0.25, -0.2) is 4.79 Å². The third-order valence-electron chi connectivity index (χ3n) is 2.45. The number of carbonyl (C=O) groups is 1. The molecule has 1 aromatic carbocycles. The molecule has 1 atom stereocenters. The molecule has 0 aliphatic rings. The van der Waals surface area contributed by atoms with E-state index in [1.165, 1.54) is 11.3 Å². The minimum atomic E-state index is -0.241. The number of hydrogen-bond acceptors (Lipinski definition) is 2. The second-order valence-corrected chi connectivity index (χ2v) is 6.63. The molecule has 0 fully saturated rings. The topological polar surface area (TPSA) is 41.1 Å². The lowest BCUT2D eigenvalue weighted by atomic mass is 10.3. The van der Waals surface area contributed by atoms with E-state index >= 15 is 0 Å². The lowest BCUT2D eigenvalue weighted by molar-refractivity contribution is 0.249. The maximum Gasteiger partial charge on any atom is 0.319 e. The largest absolute Gasteiger partial charge is 0.331 e. The minimum absolute atomic E-state index is 0.0790. The van der Waals surface area contributed by atoms with Crippen molar-refractivity contribution in [3.8, 4) is 0 Å². The predicted molar refractivity (Wildman–Crippen MR) is 84.0 cm³/mol. The summed E-state index contributed by atoms with van der Waals surface area (Å²) in [5.74, 6) is 0. The van der Waals surface area contributed by atoms with Crippen molar-refractivity contribution in [1.82, 2.24) is 5.32 Å². The minimum Gasteiger partial charge on any atom is -0.331 e. The third kappa shape index (κ3) is 4.23. The van der Waals surface area contributed by atoms with Crippen LogP contribution in [-0.2, 0) is 0 Å². The van der Waals surface area contributed by atoms with Crippen LogP contribution in [0.15, 0.2) is 40.9 Å². The number of anilines is 1. The van der Waals surface area contributed by atoms with E-state index in [1.807, 2.05) is 43.3 Å². The molecule has 0 saturated carbocycles. The quantitative estimate of drug-likeness (QED) is 0.791. The zero-order chi connectivity index (χ0) is 13.8. The highest BCUT2D eigenvalue weighted by Gasteiger charge is 2.11. The van der Waals surface area contributed by atoms with Crippen molar-refractivity contribution >= 4 is 50.6 Å². The van der Waals surface area contributed by atoms with E-state index in [9.17, 15) is 4.79 Å². The SMILES string of the molecule is C[C@@H](NC(=O)Nc1cccc(Br)c1)c1ccc(Cl)s1. The first kappa shape index (κ1) is 14.4. The van der Waals surface area contributed by atoms with Gasteiger partial charge in [-0.15, -0.1) is 11.3 Å². The summed E-state index contributed by atoms with van der Waals surface area (Å²) < 4.78 is 1.64. The van der Waals surface area contributed by atoms with E-state index in [2.05, 4.69) is 26.6 Å². The molecule has 0 unspecified atom stereocenters. The Balaban J connectivity index is 1.94. The Hall–Kier alpha value is -1.04. The highest BCUT2D eigenvalue weighted by atomic mass is 79.9. The van der Waals surface area contributed by atoms with E-state index in [-0.39, 0.29) is 12.1 Å². The Morgan fingerprint density at radius 1 is 1.37 bits per heavy atom. The number of rotatable bonds is 3. The first-order valence-electron chi connectivity index (χ1n) is 5.63. The summed E-state index contributed by atoms with van der Waals surface area (Å²) in [6.07, 6.45) is 0. The smallest absolute Gasteiger partial charge is 0.319 e. The molecule has 0 saturated heterocycles. The summed E-state index contributed by atoms with van der Waals surface area (Å²) in [5, 5.41) is 5.65. The molecule has 100 valence electrons. The van der Waals surface area contributed by atoms with Crippen LogP contribution in [0, 0.1) is 0 Å². The predicted octanol–water partition coefficient (Wildman–Crippen LogP) is 5.05. The second-order valence-electron chi connectivity index (χ2n) is 3.97. The van der Waals surface area contributed by atoms with Crippen LogP contribution >= 0.6 is 38.9 Å². The van der Waals surface area contributed by atoms with Crippen molar-refractivity contribution in [2.24, 2.45) is 0 Å². The van der Waals surface area contributed by atoms with E-state index in [0.29, 0.717) is 0 Å². The molecule has 2 amide bonds. The molecule has 2 aromatic rings. The second kappa shape index (κ2) is 6.41. The average Bonchev–Trinajstić information content (AvgIpc) is 2.75. The van der Waals surface area contributed by atoms with Crippen molar-refractivity contribution in [3.05, 3.63) is 50.1 Å². The van der Waals surface area contributed by atoms with Gasteiger partial charge in [0.05, 0.1) is 10.4 Å². The fraction of sp³-hybridized carbons (Fsp3) is 0.154.